The van der Waals surface area contributed by atoms with Crippen LogP contribution in [0.15, 0.2) is 0 Å². The Balaban J connectivity index is 2.99. The molecule has 0 aromatic rings. The number of unbranched alkanes of at least 4 members (excludes halogenated alkanes) is 6. The monoisotopic (exact) mass is 253 g/mol. The topological polar surface area (TPSA) is 12.0 Å². The van der Waals surface area contributed by atoms with Crippen LogP contribution in [-0.4, -0.2) is 19.3 Å². The molecule has 0 aliphatic carbocycles. The summed E-state index contributed by atoms with van der Waals surface area (Å²) in [5.74, 6) is 0. The fourth-order valence-corrected chi connectivity index (χ4v) is 1.73. The summed E-state index contributed by atoms with van der Waals surface area (Å²) >= 11 is 0. The van der Waals surface area contributed by atoms with Gasteiger partial charge < -0.3 is 5.32 Å². The molecule has 0 aliphatic heterocycles. The Morgan fingerprint density at radius 1 is 0.765 bits per heavy atom. The van der Waals surface area contributed by atoms with Crippen LogP contribution < -0.4 is 5.32 Å². The third-order valence-corrected chi connectivity index (χ3v) is 2.77. The number of hydrogen-bond acceptors (Lipinski definition) is 1. The smallest absolute Gasteiger partial charge is 0.317 e. The van der Waals surface area contributed by atoms with E-state index in [-0.39, 0.29) is 6.42 Å². The summed E-state index contributed by atoms with van der Waals surface area (Å²) in [7, 11) is 0. The Labute approximate surface area is 103 Å². The average Bonchev–Trinajstić information content (AvgIpc) is 2.24. The number of rotatable bonds is 11. The van der Waals surface area contributed by atoms with Crippen LogP contribution in [0, 0.1) is 0 Å². The van der Waals surface area contributed by atoms with Crippen molar-refractivity contribution >= 4 is 0 Å². The van der Waals surface area contributed by atoms with E-state index in [1.54, 1.807) is 0 Å². The molecule has 17 heavy (non-hydrogen) atoms. The van der Waals surface area contributed by atoms with Crippen molar-refractivity contribution in [2.75, 3.05) is 13.1 Å². The van der Waals surface area contributed by atoms with Crippen molar-refractivity contribution in [1.82, 2.24) is 5.32 Å². The van der Waals surface area contributed by atoms with Gasteiger partial charge in [0.1, 0.15) is 0 Å². The highest BCUT2D eigenvalue weighted by Crippen LogP contribution is 2.21. The lowest BCUT2D eigenvalue weighted by Crippen LogP contribution is -2.17. The number of alkyl halides is 3. The Hall–Kier alpha value is -0.250. The molecule has 0 saturated carbocycles. The van der Waals surface area contributed by atoms with Crippen molar-refractivity contribution in [3.8, 4) is 0 Å². The Morgan fingerprint density at radius 3 is 1.88 bits per heavy atom. The zero-order chi connectivity index (χ0) is 13.0. The van der Waals surface area contributed by atoms with Gasteiger partial charge in [0, 0.05) is 6.42 Å². The molecule has 0 saturated heterocycles. The third-order valence-electron chi connectivity index (χ3n) is 2.77. The fraction of sp³-hybridized carbons (Fsp3) is 1.00. The number of nitrogens with one attached hydrogen (secondary N) is 1. The minimum Gasteiger partial charge on any atom is -0.317 e. The van der Waals surface area contributed by atoms with E-state index < -0.39 is 12.6 Å². The lowest BCUT2D eigenvalue weighted by molar-refractivity contribution is -0.135. The molecule has 1 nitrogen and oxygen atoms in total. The number of hydrogen-bond donors (Lipinski definition) is 1. The standard InChI is InChI=1S/C13H26F3N/c1-2-3-4-5-6-8-11-17-12-9-7-10-13(14,15)16/h17H,2-12H2,1H3. The van der Waals surface area contributed by atoms with E-state index in [4.69, 9.17) is 0 Å². The molecule has 0 heterocycles. The fourth-order valence-electron chi connectivity index (χ4n) is 1.73. The van der Waals surface area contributed by atoms with Crippen molar-refractivity contribution in [3.63, 3.8) is 0 Å². The van der Waals surface area contributed by atoms with E-state index in [0.29, 0.717) is 13.0 Å². The molecular formula is C13H26F3N. The summed E-state index contributed by atoms with van der Waals surface area (Å²) in [5.41, 5.74) is 0. The van der Waals surface area contributed by atoms with Gasteiger partial charge in [-0.05, 0) is 32.4 Å². The van der Waals surface area contributed by atoms with Crippen molar-refractivity contribution in [3.05, 3.63) is 0 Å². The van der Waals surface area contributed by atoms with Crippen LogP contribution in [0.3, 0.4) is 0 Å². The maximum Gasteiger partial charge on any atom is 0.389 e. The first kappa shape index (κ1) is 16.8. The predicted molar refractivity (Wildman–Crippen MR) is 66.2 cm³/mol. The van der Waals surface area contributed by atoms with Crippen LogP contribution in [0.5, 0.6) is 0 Å². The van der Waals surface area contributed by atoms with Gasteiger partial charge in [-0.2, -0.15) is 13.2 Å². The van der Waals surface area contributed by atoms with Gasteiger partial charge in [-0.25, -0.2) is 0 Å². The molecule has 0 rings (SSSR count). The highest BCUT2D eigenvalue weighted by Gasteiger charge is 2.25. The highest BCUT2D eigenvalue weighted by atomic mass is 19.4. The van der Waals surface area contributed by atoms with Gasteiger partial charge in [0.15, 0.2) is 0 Å². The maximum atomic E-state index is 11.8. The summed E-state index contributed by atoms with van der Waals surface area (Å²) < 4.78 is 35.4. The van der Waals surface area contributed by atoms with Gasteiger partial charge in [0.05, 0.1) is 0 Å². The Morgan fingerprint density at radius 2 is 1.29 bits per heavy atom. The summed E-state index contributed by atoms with van der Waals surface area (Å²) in [6, 6.07) is 0. The van der Waals surface area contributed by atoms with Gasteiger partial charge >= 0.3 is 6.18 Å². The zero-order valence-electron chi connectivity index (χ0n) is 10.9. The summed E-state index contributed by atoms with van der Waals surface area (Å²) in [4.78, 5) is 0. The predicted octanol–water partition coefficient (Wildman–Crippen LogP) is 4.67. The van der Waals surface area contributed by atoms with Gasteiger partial charge in [-0.3, -0.25) is 0 Å². The molecule has 0 amide bonds. The largest absolute Gasteiger partial charge is 0.389 e. The molecule has 0 unspecified atom stereocenters. The van der Waals surface area contributed by atoms with E-state index in [0.717, 1.165) is 13.0 Å². The zero-order valence-corrected chi connectivity index (χ0v) is 10.9. The van der Waals surface area contributed by atoms with Crippen LogP contribution in [0.1, 0.15) is 64.7 Å². The number of halogens is 3. The van der Waals surface area contributed by atoms with Gasteiger partial charge in [0.2, 0.25) is 0 Å². The first-order chi connectivity index (χ1) is 8.06. The van der Waals surface area contributed by atoms with Gasteiger partial charge in [-0.1, -0.05) is 39.0 Å². The van der Waals surface area contributed by atoms with Crippen LogP contribution >= 0.6 is 0 Å². The molecule has 0 radical (unpaired) electrons. The van der Waals surface area contributed by atoms with Crippen LogP contribution in [0.2, 0.25) is 0 Å². The van der Waals surface area contributed by atoms with Gasteiger partial charge in [0.25, 0.3) is 0 Å². The van der Waals surface area contributed by atoms with Crippen LogP contribution in [0.25, 0.3) is 0 Å². The molecule has 0 fully saturated rings. The Bertz CT molecular complexity index is 157. The quantitative estimate of drug-likeness (QED) is 0.528. The highest BCUT2D eigenvalue weighted by molar-refractivity contribution is 4.54. The van der Waals surface area contributed by atoms with Gasteiger partial charge in [-0.15, -0.1) is 0 Å². The van der Waals surface area contributed by atoms with Crippen LogP contribution in [0.4, 0.5) is 13.2 Å². The normalized spacial score (nSPS) is 12.0. The Kier molecular flexibility index (Phi) is 10.7. The van der Waals surface area contributed by atoms with Crippen molar-refractivity contribution < 1.29 is 13.2 Å². The minimum atomic E-state index is -3.99. The molecule has 0 bridgehead atoms. The summed E-state index contributed by atoms with van der Waals surface area (Å²) in [6.45, 7) is 3.85. The third kappa shape index (κ3) is 15.8. The molecule has 1 N–H and O–H groups in total. The van der Waals surface area contributed by atoms with Crippen molar-refractivity contribution in [2.24, 2.45) is 0 Å². The lowest BCUT2D eigenvalue weighted by Gasteiger charge is -2.07. The molecule has 4 heteroatoms. The molecule has 0 atom stereocenters. The molecule has 0 aromatic heterocycles. The second kappa shape index (κ2) is 10.9. The molecular weight excluding hydrogens is 227 g/mol. The van der Waals surface area contributed by atoms with E-state index in [1.165, 1.54) is 32.1 Å². The second-order valence-electron chi connectivity index (χ2n) is 4.59. The molecule has 104 valence electrons. The van der Waals surface area contributed by atoms with E-state index >= 15 is 0 Å². The summed E-state index contributed by atoms with van der Waals surface area (Å²) in [5, 5.41) is 3.20. The SMILES string of the molecule is CCCCCCCCNCCCCC(F)(F)F. The minimum absolute atomic E-state index is 0.243. The first-order valence-corrected chi connectivity index (χ1v) is 6.83. The second-order valence-corrected chi connectivity index (χ2v) is 4.59. The molecule has 0 aromatic carbocycles. The van der Waals surface area contributed by atoms with E-state index in [9.17, 15) is 13.2 Å². The van der Waals surface area contributed by atoms with Crippen molar-refractivity contribution in [2.45, 2.75) is 70.9 Å². The van der Waals surface area contributed by atoms with E-state index in [2.05, 4.69) is 12.2 Å². The van der Waals surface area contributed by atoms with Crippen molar-refractivity contribution in [1.29, 1.82) is 0 Å². The molecule has 0 spiro atoms. The maximum absolute atomic E-state index is 11.8. The average molecular weight is 253 g/mol. The first-order valence-electron chi connectivity index (χ1n) is 6.83. The van der Waals surface area contributed by atoms with Crippen LogP contribution in [-0.2, 0) is 0 Å². The summed E-state index contributed by atoms with van der Waals surface area (Å²) in [6.07, 6.45) is 3.76. The molecule has 0 aliphatic rings. The lowest BCUT2D eigenvalue weighted by atomic mass is 10.1. The van der Waals surface area contributed by atoms with E-state index in [1.807, 2.05) is 0 Å².